The Balaban J connectivity index is 1.79. The molecule has 4 aromatic rings. The molecular formula is C23H23N3O2. The molecule has 5 nitrogen and oxygen atoms in total. The van der Waals surface area contributed by atoms with Gasteiger partial charge in [0.15, 0.2) is 0 Å². The average Bonchev–Trinajstić information content (AvgIpc) is 3.00. The molecule has 2 aromatic carbocycles. The highest BCUT2D eigenvalue weighted by molar-refractivity contribution is 6.11. The molecule has 2 heterocycles. The van der Waals surface area contributed by atoms with Gasteiger partial charge in [0.05, 0.1) is 17.8 Å². The third kappa shape index (κ3) is 2.99. The Hall–Kier alpha value is -3.34. The van der Waals surface area contributed by atoms with Gasteiger partial charge < -0.3 is 14.6 Å². The van der Waals surface area contributed by atoms with Gasteiger partial charge in [-0.25, -0.2) is 0 Å². The molecule has 5 heteroatoms. The molecule has 0 aliphatic heterocycles. The van der Waals surface area contributed by atoms with E-state index in [1.54, 1.807) is 6.20 Å². The lowest BCUT2D eigenvalue weighted by Gasteiger charge is -2.11. The maximum absolute atomic E-state index is 13.2. The summed E-state index contributed by atoms with van der Waals surface area (Å²) in [6.45, 7) is 7.31. The molecule has 0 aliphatic rings. The van der Waals surface area contributed by atoms with Crippen LogP contribution in [0.25, 0.3) is 21.8 Å². The Morgan fingerprint density at radius 1 is 1.14 bits per heavy atom. The first kappa shape index (κ1) is 18.0. The van der Waals surface area contributed by atoms with Crippen LogP contribution < -0.4 is 10.1 Å². The average molecular weight is 373 g/mol. The minimum atomic E-state index is -0.133. The first-order valence-corrected chi connectivity index (χ1v) is 9.54. The van der Waals surface area contributed by atoms with E-state index in [2.05, 4.69) is 10.3 Å². The number of hydrogen-bond acceptors (Lipinski definition) is 3. The summed E-state index contributed by atoms with van der Waals surface area (Å²) in [4.78, 5) is 17.7. The minimum Gasteiger partial charge on any atom is -0.494 e. The fraction of sp³-hybridized carbons (Fsp3) is 0.217. The zero-order valence-corrected chi connectivity index (χ0v) is 16.3. The third-order valence-electron chi connectivity index (χ3n) is 5.01. The predicted molar refractivity (Wildman–Crippen MR) is 113 cm³/mol. The van der Waals surface area contributed by atoms with Crippen molar-refractivity contribution in [1.29, 1.82) is 0 Å². The van der Waals surface area contributed by atoms with E-state index in [0.29, 0.717) is 24.5 Å². The number of ether oxygens (including phenoxy) is 1. The maximum atomic E-state index is 13.2. The van der Waals surface area contributed by atoms with Crippen molar-refractivity contribution in [3.63, 3.8) is 0 Å². The summed E-state index contributed by atoms with van der Waals surface area (Å²) in [6, 6.07) is 15.7. The molecule has 2 aromatic heterocycles. The van der Waals surface area contributed by atoms with E-state index in [-0.39, 0.29) is 5.91 Å². The molecule has 0 saturated carbocycles. The molecule has 0 unspecified atom stereocenters. The van der Waals surface area contributed by atoms with Gasteiger partial charge in [-0.1, -0.05) is 18.2 Å². The number of hydrogen-bond donors (Lipinski definition) is 1. The van der Waals surface area contributed by atoms with Crippen molar-refractivity contribution in [2.75, 3.05) is 11.9 Å². The highest BCUT2D eigenvalue weighted by Gasteiger charge is 2.20. The Morgan fingerprint density at radius 2 is 1.96 bits per heavy atom. The molecule has 142 valence electrons. The second-order valence-corrected chi connectivity index (χ2v) is 6.66. The van der Waals surface area contributed by atoms with E-state index in [1.165, 1.54) is 0 Å². The highest BCUT2D eigenvalue weighted by Crippen LogP contribution is 2.30. The van der Waals surface area contributed by atoms with E-state index in [0.717, 1.165) is 33.1 Å². The van der Waals surface area contributed by atoms with Crippen LogP contribution in [0.15, 0.2) is 54.7 Å². The molecule has 4 rings (SSSR count). The van der Waals surface area contributed by atoms with Crippen LogP contribution in [0.3, 0.4) is 0 Å². The van der Waals surface area contributed by atoms with Crippen molar-refractivity contribution in [2.45, 2.75) is 27.3 Å². The standard InChI is InChI=1S/C23H23N3O2/c1-4-26-20-12-11-17(28-5-2)14-18(20)15(3)22(26)23(27)25-19-10-6-8-16-9-7-13-24-21(16)19/h6-14H,4-5H2,1-3H3,(H,25,27). The number of carbonyl (C=O) groups excluding carboxylic acids is 1. The van der Waals surface area contributed by atoms with E-state index in [4.69, 9.17) is 4.74 Å². The normalized spacial score (nSPS) is 11.1. The highest BCUT2D eigenvalue weighted by atomic mass is 16.5. The molecule has 0 spiro atoms. The molecule has 0 fully saturated rings. The third-order valence-corrected chi connectivity index (χ3v) is 5.01. The molecule has 0 saturated heterocycles. The number of anilines is 1. The van der Waals surface area contributed by atoms with Gasteiger partial charge >= 0.3 is 0 Å². The van der Waals surface area contributed by atoms with Crippen LogP contribution in [0.5, 0.6) is 5.75 Å². The summed E-state index contributed by atoms with van der Waals surface area (Å²) in [5, 5.41) is 5.09. The maximum Gasteiger partial charge on any atom is 0.272 e. The second kappa shape index (κ2) is 7.35. The first-order valence-electron chi connectivity index (χ1n) is 9.54. The number of nitrogens with one attached hydrogen (secondary N) is 1. The summed E-state index contributed by atoms with van der Waals surface area (Å²) < 4.78 is 7.69. The zero-order chi connectivity index (χ0) is 19.7. The van der Waals surface area contributed by atoms with Gasteiger partial charge in [-0.2, -0.15) is 0 Å². The number of para-hydroxylation sites is 1. The van der Waals surface area contributed by atoms with E-state index < -0.39 is 0 Å². The van der Waals surface area contributed by atoms with Crippen LogP contribution in [-0.4, -0.2) is 22.1 Å². The lowest BCUT2D eigenvalue weighted by molar-refractivity contribution is 0.101. The first-order chi connectivity index (χ1) is 13.6. The van der Waals surface area contributed by atoms with Crippen molar-refractivity contribution in [3.8, 4) is 5.75 Å². The number of aryl methyl sites for hydroxylation is 2. The molecule has 0 aliphatic carbocycles. The molecule has 0 atom stereocenters. The van der Waals surface area contributed by atoms with Gasteiger partial charge in [-0.15, -0.1) is 0 Å². The van der Waals surface area contributed by atoms with Crippen molar-refractivity contribution < 1.29 is 9.53 Å². The van der Waals surface area contributed by atoms with Gasteiger partial charge in [0.25, 0.3) is 5.91 Å². The lowest BCUT2D eigenvalue weighted by atomic mass is 10.1. The van der Waals surface area contributed by atoms with E-state index in [9.17, 15) is 4.79 Å². The fourth-order valence-electron chi connectivity index (χ4n) is 3.77. The molecule has 0 radical (unpaired) electrons. The van der Waals surface area contributed by atoms with Crippen LogP contribution in [0.1, 0.15) is 29.9 Å². The predicted octanol–water partition coefficient (Wildman–Crippen LogP) is 5.17. The number of nitrogens with zero attached hydrogens (tertiary/aromatic N) is 2. The van der Waals surface area contributed by atoms with Gasteiger partial charge in [0.2, 0.25) is 0 Å². The van der Waals surface area contributed by atoms with Crippen LogP contribution in [0.4, 0.5) is 5.69 Å². The summed E-state index contributed by atoms with van der Waals surface area (Å²) in [6.07, 6.45) is 1.74. The van der Waals surface area contributed by atoms with Crippen molar-refractivity contribution in [2.24, 2.45) is 0 Å². The van der Waals surface area contributed by atoms with Gasteiger partial charge in [-0.05, 0) is 56.7 Å². The van der Waals surface area contributed by atoms with Crippen LogP contribution in [0, 0.1) is 6.92 Å². The second-order valence-electron chi connectivity index (χ2n) is 6.66. The quantitative estimate of drug-likeness (QED) is 0.525. The van der Waals surface area contributed by atoms with Gasteiger partial charge in [0.1, 0.15) is 11.4 Å². The number of aromatic nitrogens is 2. The van der Waals surface area contributed by atoms with Gasteiger partial charge in [0, 0.05) is 29.0 Å². The van der Waals surface area contributed by atoms with Crippen LogP contribution in [-0.2, 0) is 6.54 Å². The number of carbonyl (C=O) groups is 1. The SMILES string of the molecule is CCOc1ccc2c(c1)c(C)c(C(=O)Nc1cccc3cccnc13)n2CC. The summed E-state index contributed by atoms with van der Waals surface area (Å²) in [5.74, 6) is 0.684. The van der Waals surface area contributed by atoms with E-state index in [1.807, 2.05) is 73.9 Å². The lowest BCUT2D eigenvalue weighted by Crippen LogP contribution is -2.18. The zero-order valence-electron chi connectivity index (χ0n) is 16.3. The molecule has 28 heavy (non-hydrogen) atoms. The Bertz CT molecular complexity index is 1170. The number of benzene rings is 2. The van der Waals surface area contributed by atoms with Crippen molar-refractivity contribution >= 4 is 33.4 Å². The monoisotopic (exact) mass is 373 g/mol. The molecular weight excluding hydrogens is 350 g/mol. The minimum absolute atomic E-state index is 0.133. The number of pyridine rings is 1. The number of fused-ring (bicyclic) bond motifs is 2. The summed E-state index contributed by atoms with van der Waals surface area (Å²) >= 11 is 0. The number of rotatable bonds is 5. The number of amides is 1. The van der Waals surface area contributed by atoms with Crippen molar-refractivity contribution in [1.82, 2.24) is 9.55 Å². The molecule has 1 amide bonds. The Morgan fingerprint density at radius 3 is 2.75 bits per heavy atom. The summed E-state index contributed by atoms with van der Waals surface area (Å²) in [7, 11) is 0. The van der Waals surface area contributed by atoms with E-state index >= 15 is 0 Å². The summed E-state index contributed by atoms with van der Waals surface area (Å²) in [5.41, 5.74) is 4.15. The topological polar surface area (TPSA) is 56.1 Å². The molecule has 1 N–H and O–H groups in total. The fourth-order valence-corrected chi connectivity index (χ4v) is 3.77. The van der Waals surface area contributed by atoms with Crippen LogP contribution >= 0.6 is 0 Å². The van der Waals surface area contributed by atoms with Crippen molar-refractivity contribution in [3.05, 3.63) is 66.0 Å². The Kier molecular flexibility index (Phi) is 4.74. The van der Waals surface area contributed by atoms with Crippen LogP contribution in [0.2, 0.25) is 0 Å². The molecule has 0 bridgehead atoms. The Labute approximate surface area is 164 Å². The van der Waals surface area contributed by atoms with Gasteiger partial charge in [-0.3, -0.25) is 9.78 Å². The smallest absolute Gasteiger partial charge is 0.272 e. The largest absolute Gasteiger partial charge is 0.494 e.